The van der Waals surface area contributed by atoms with Crippen LogP contribution in [0.2, 0.25) is 0 Å². The molecule has 0 aliphatic carbocycles. The largest absolute Gasteiger partial charge is 0.352 e. The van der Waals surface area contributed by atoms with Crippen molar-refractivity contribution in [3.8, 4) is 0 Å². The zero-order chi connectivity index (χ0) is 29.0. The highest BCUT2D eigenvalue weighted by molar-refractivity contribution is 5.77. The van der Waals surface area contributed by atoms with E-state index in [2.05, 4.69) is 21.3 Å². The van der Waals surface area contributed by atoms with E-state index in [0.29, 0.717) is 39.0 Å². The van der Waals surface area contributed by atoms with E-state index in [0.717, 1.165) is 35.1 Å². The summed E-state index contributed by atoms with van der Waals surface area (Å²) in [5.74, 6) is -0.0355. The molecular weight excluding hydrogens is 528 g/mol. The van der Waals surface area contributed by atoms with Crippen molar-refractivity contribution in [1.82, 2.24) is 21.3 Å². The zero-order valence-corrected chi connectivity index (χ0v) is 23.4. The van der Waals surface area contributed by atoms with Gasteiger partial charge in [-0.05, 0) is 35.1 Å². The SMILES string of the molecule is C.C.CC(=O)NCc1cccc(CNC(C)=O)c1.O=C(CCCCC(=O)NCc1ccccc1)NCc1ccccc1. The molecule has 0 fully saturated rings. The molecule has 0 spiro atoms. The fourth-order valence-electron chi connectivity index (χ4n) is 3.64. The molecule has 0 bridgehead atoms. The summed E-state index contributed by atoms with van der Waals surface area (Å²) in [6, 6.07) is 27.4. The van der Waals surface area contributed by atoms with E-state index in [1.54, 1.807) is 0 Å². The van der Waals surface area contributed by atoms with Crippen molar-refractivity contribution >= 4 is 23.6 Å². The number of hydrogen-bond acceptors (Lipinski definition) is 4. The summed E-state index contributed by atoms with van der Waals surface area (Å²) in [5, 5.41) is 11.2. The first-order chi connectivity index (χ1) is 19.3. The van der Waals surface area contributed by atoms with Gasteiger partial charge >= 0.3 is 0 Å². The second kappa shape index (κ2) is 22.3. The van der Waals surface area contributed by atoms with Crippen LogP contribution >= 0.6 is 0 Å². The van der Waals surface area contributed by atoms with Gasteiger partial charge in [0.05, 0.1) is 0 Å². The first-order valence-corrected chi connectivity index (χ1v) is 13.5. The van der Waals surface area contributed by atoms with E-state index in [-0.39, 0.29) is 38.5 Å². The molecule has 0 aliphatic rings. The maximum absolute atomic E-state index is 11.8. The summed E-state index contributed by atoms with van der Waals surface area (Å²) >= 11 is 0. The summed E-state index contributed by atoms with van der Waals surface area (Å²) in [7, 11) is 0. The summed E-state index contributed by atoms with van der Waals surface area (Å²) in [5.41, 5.74) is 4.23. The predicted octanol–water partition coefficient (Wildman–Crippen LogP) is 5.41. The third kappa shape index (κ3) is 18.0. The topological polar surface area (TPSA) is 116 Å². The first-order valence-electron chi connectivity index (χ1n) is 13.5. The summed E-state index contributed by atoms with van der Waals surface area (Å²) in [6.07, 6.45) is 2.36. The number of unbranched alkanes of at least 4 members (excludes halogenated alkanes) is 1. The molecule has 4 N–H and O–H groups in total. The molecule has 0 unspecified atom stereocenters. The normalized spacial score (nSPS) is 9.48. The van der Waals surface area contributed by atoms with Gasteiger partial charge in [-0.15, -0.1) is 0 Å². The number of rotatable bonds is 13. The van der Waals surface area contributed by atoms with Gasteiger partial charge in [-0.3, -0.25) is 19.2 Å². The molecule has 0 aliphatic heterocycles. The van der Waals surface area contributed by atoms with Crippen LogP contribution in [-0.4, -0.2) is 23.6 Å². The Bertz CT molecular complexity index is 1110. The Balaban J connectivity index is 0.000000822. The van der Waals surface area contributed by atoms with Gasteiger partial charge in [0.25, 0.3) is 0 Å². The molecule has 0 heterocycles. The highest BCUT2D eigenvalue weighted by atomic mass is 16.2. The lowest BCUT2D eigenvalue weighted by atomic mass is 10.1. The maximum Gasteiger partial charge on any atom is 0.220 e. The van der Waals surface area contributed by atoms with Crippen molar-refractivity contribution in [3.63, 3.8) is 0 Å². The van der Waals surface area contributed by atoms with Gasteiger partial charge < -0.3 is 21.3 Å². The van der Waals surface area contributed by atoms with Gasteiger partial charge in [-0.1, -0.05) is 99.8 Å². The van der Waals surface area contributed by atoms with Crippen molar-refractivity contribution in [2.45, 2.75) is 80.6 Å². The number of carbonyl (C=O) groups excluding carboxylic acids is 4. The highest BCUT2D eigenvalue weighted by Crippen LogP contribution is 2.05. The smallest absolute Gasteiger partial charge is 0.220 e. The van der Waals surface area contributed by atoms with Gasteiger partial charge in [0.1, 0.15) is 0 Å². The van der Waals surface area contributed by atoms with Gasteiger partial charge in [0.15, 0.2) is 0 Å². The Morgan fingerprint density at radius 3 is 1.17 bits per heavy atom. The molecule has 42 heavy (non-hydrogen) atoms. The fraction of sp³-hybridized carbons (Fsp3) is 0.353. The van der Waals surface area contributed by atoms with Crippen LogP contribution in [0, 0.1) is 0 Å². The summed E-state index contributed by atoms with van der Waals surface area (Å²) < 4.78 is 0. The van der Waals surface area contributed by atoms with Gasteiger partial charge in [-0.2, -0.15) is 0 Å². The van der Waals surface area contributed by atoms with E-state index in [1.807, 2.05) is 84.9 Å². The average molecular weight is 577 g/mol. The van der Waals surface area contributed by atoms with E-state index >= 15 is 0 Å². The number of carbonyl (C=O) groups is 4. The number of nitrogens with one attached hydrogen (secondary N) is 4. The molecule has 8 nitrogen and oxygen atoms in total. The van der Waals surface area contributed by atoms with Gasteiger partial charge in [0, 0.05) is 52.9 Å². The molecule has 3 aromatic rings. The van der Waals surface area contributed by atoms with Crippen LogP contribution in [0.1, 0.15) is 76.6 Å². The Hall–Kier alpha value is -4.46. The molecule has 0 atom stereocenters. The van der Waals surface area contributed by atoms with E-state index in [1.165, 1.54) is 13.8 Å². The first kappa shape index (κ1) is 37.5. The molecule has 0 aromatic heterocycles. The van der Waals surface area contributed by atoms with E-state index < -0.39 is 0 Å². The second-order valence-electron chi connectivity index (χ2n) is 9.37. The van der Waals surface area contributed by atoms with Crippen molar-refractivity contribution in [1.29, 1.82) is 0 Å². The zero-order valence-electron chi connectivity index (χ0n) is 23.4. The molecule has 0 saturated heterocycles. The summed E-state index contributed by atoms with van der Waals surface area (Å²) in [4.78, 5) is 45.0. The van der Waals surface area contributed by atoms with Gasteiger partial charge in [0.2, 0.25) is 23.6 Å². The Labute approximate surface area is 251 Å². The van der Waals surface area contributed by atoms with Crippen LogP contribution in [0.25, 0.3) is 0 Å². The number of hydrogen-bond donors (Lipinski definition) is 4. The molecule has 3 rings (SSSR count). The van der Waals surface area contributed by atoms with E-state index in [9.17, 15) is 19.2 Å². The standard InChI is InChI=1S/C20H24N2O2.C12H16N2O2.2CH4/c23-19(21-15-17-9-3-1-4-10-17)13-7-8-14-20(24)22-16-18-11-5-2-6-12-18;1-9(15)13-7-11-4-3-5-12(6-11)8-14-10(2)16;;/h1-6,9-12H,7-8,13-16H2,(H,21,23)(H,22,24);3-6H,7-8H2,1-2H3,(H,13,15)(H,14,16);2*1H4. The van der Waals surface area contributed by atoms with Crippen LogP contribution in [0.3, 0.4) is 0 Å². The van der Waals surface area contributed by atoms with Crippen molar-refractivity contribution in [2.24, 2.45) is 0 Å². The van der Waals surface area contributed by atoms with Crippen molar-refractivity contribution < 1.29 is 19.2 Å². The molecule has 228 valence electrons. The van der Waals surface area contributed by atoms with Gasteiger partial charge in [-0.25, -0.2) is 0 Å². The highest BCUT2D eigenvalue weighted by Gasteiger charge is 2.04. The molecular formula is C34H48N4O4. The maximum atomic E-state index is 11.8. The molecule has 0 saturated carbocycles. The second-order valence-corrected chi connectivity index (χ2v) is 9.37. The average Bonchev–Trinajstić information content (AvgIpc) is 2.97. The fourth-order valence-corrected chi connectivity index (χ4v) is 3.64. The summed E-state index contributed by atoms with van der Waals surface area (Å²) in [6.45, 7) is 5.11. The van der Waals surface area contributed by atoms with Crippen molar-refractivity contribution in [2.75, 3.05) is 0 Å². The number of amides is 4. The minimum Gasteiger partial charge on any atom is -0.352 e. The lowest BCUT2D eigenvalue weighted by molar-refractivity contribution is -0.123. The minimum absolute atomic E-state index is 0. The predicted molar refractivity (Wildman–Crippen MR) is 170 cm³/mol. The third-order valence-corrected chi connectivity index (χ3v) is 5.80. The molecule has 0 radical (unpaired) electrons. The lowest BCUT2D eigenvalue weighted by Gasteiger charge is -2.06. The third-order valence-electron chi connectivity index (χ3n) is 5.80. The Morgan fingerprint density at radius 1 is 0.476 bits per heavy atom. The number of benzene rings is 3. The monoisotopic (exact) mass is 576 g/mol. The van der Waals surface area contributed by atoms with Crippen LogP contribution < -0.4 is 21.3 Å². The molecule has 4 amide bonds. The Kier molecular flexibility index (Phi) is 19.9. The van der Waals surface area contributed by atoms with Crippen LogP contribution in [0.15, 0.2) is 84.9 Å². The van der Waals surface area contributed by atoms with Crippen LogP contribution in [-0.2, 0) is 45.4 Å². The van der Waals surface area contributed by atoms with E-state index in [4.69, 9.17) is 0 Å². The molecule has 3 aromatic carbocycles. The van der Waals surface area contributed by atoms with Crippen LogP contribution in [0.5, 0.6) is 0 Å². The van der Waals surface area contributed by atoms with Crippen molar-refractivity contribution in [3.05, 3.63) is 107 Å². The molecule has 8 heteroatoms. The van der Waals surface area contributed by atoms with Crippen LogP contribution in [0.4, 0.5) is 0 Å². The quantitative estimate of drug-likeness (QED) is 0.204. The minimum atomic E-state index is -0.0488. The lowest BCUT2D eigenvalue weighted by Crippen LogP contribution is -2.23. The Morgan fingerprint density at radius 2 is 0.810 bits per heavy atom.